The number of benzene rings is 2. The number of nitrogens with one attached hydrogen (secondary N) is 1. The Morgan fingerprint density at radius 3 is 2.47 bits per heavy atom. The number of likely N-dealkylation sites (tertiary alicyclic amines) is 1. The predicted octanol–water partition coefficient (Wildman–Crippen LogP) is 1.94. The summed E-state index contributed by atoms with van der Waals surface area (Å²) in [4.78, 5) is 44.2. The highest BCUT2D eigenvalue weighted by Gasteiger charge is 2.32. The maximum absolute atomic E-state index is 13.1. The fraction of sp³-hybridized carbons (Fsp3) is 0.400. The number of carbonyl (C=O) groups excluding carboxylic acids is 3. The molecule has 0 saturated carbocycles. The van der Waals surface area contributed by atoms with Crippen molar-refractivity contribution in [1.82, 2.24) is 25.0 Å². The third kappa shape index (κ3) is 6.76. The van der Waals surface area contributed by atoms with E-state index >= 15 is 0 Å². The van der Waals surface area contributed by atoms with Crippen molar-refractivity contribution in [2.24, 2.45) is 4.99 Å². The van der Waals surface area contributed by atoms with Gasteiger partial charge in [-0.25, -0.2) is 0 Å². The number of aromatic nitrogens is 3. The first-order valence-electron chi connectivity index (χ1n) is 14.0. The first-order valence-corrected chi connectivity index (χ1v) is 14.4. The van der Waals surface area contributed by atoms with Crippen LogP contribution in [0.25, 0.3) is 5.69 Å². The molecule has 13 heteroatoms. The molecule has 1 aromatic heterocycles. The molecule has 1 fully saturated rings. The second kappa shape index (κ2) is 13.0. The molecule has 3 atom stereocenters. The zero-order chi connectivity index (χ0) is 30.7. The molecule has 0 bridgehead atoms. The molecule has 43 heavy (non-hydrogen) atoms. The number of amides is 2. The molecule has 2 amide bonds. The van der Waals surface area contributed by atoms with E-state index in [1.165, 1.54) is 4.90 Å². The highest BCUT2D eigenvalue weighted by molar-refractivity contribution is 6.30. The average Bonchev–Trinajstić information content (AvgIpc) is 3.51. The number of aliphatic hydroxyl groups excluding tert-OH is 2. The summed E-state index contributed by atoms with van der Waals surface area (Å²) in [6, 6.07) is 12.2. The molecule has 12 nitrogen and oxygen atoms in total. The van der Waals surface area contributed by atoms with Crippen LogP contribution in [0.5, 0.6) is 5.75 Å². The largest absolute Gasteiger partial charge is 0.497 e. The molecule has 1 saturated heterocycles. The van der Waals surface area contributed by atoms with Crippen LogP contribution in [0, 0.1) is 6.92 Å². The summed E-state index contributed by atoms with van der Waals surface area (Å²) in [5.74, 6) is 0.928. The Hall–Kier alpha value is -4.13. The minimum Gasteiger partial charge on any atom is -0.497 e. The lowest BCUT2D eigenvalue weighted by molar-refractivity contribution is -0.131. The molecular weight excluding hydrogens is 576 g/mol. The molecule has 0 radical (unpaired) electrons. The van der Waals surface area contributed by atoms with Gasteiger partial charge in [0.2, 0.25) is 11.8 Å². The Labute approximate surface area is 253 Å². The molecule has 0 spiro atoms. The topological polar surface area (TPSA) is 159 Å². The minimum absolute atomic E-state index is 0.0777. The number of ether oxygens (including phenoxy) is 1. The minimum atomic E-state index is -0.949. The van der Waals surface area contributed by atoms with Gasteiger partial charge in [-0.3, -0.25) is 23.9 Å². The maximum Gasteiger partial charge on any atom is 0.222 e. The highest BCUT2D eigenvalue weighted by atomic mass is 35.5. The van der Waals surface area contributed by atoms with Gasteiger partial charge in [0.1, 0.15) is 17.6 Å². The van der Waals surface area contributed by atoms with Gasteiger partial charge in [0.15, 0.2) is 11.6 Å². The van der Waals surface area contributed by atoms with Gasteiger partial charge < -0.3 is 25.2 Å². The number of rotatable bonds is 10. The van der Waals surface area contributed by atoms with Crippen LogP contribution in [0.2, 0.25) is 5.02 Å². The van der Waals surface area contributed by atoms with Crippen molar-refractivity contribution in [3.05, 3.63) is 70.3 Å². The molecule has 3 heterocycles. The van der Waals surface area contributed by atoms with Crippen LogP contribution in [-0.2, 0) is 14.4 Å². The summed E-state index contributed by atoms with van der Waals surface area (Å²) in [6.07, 6.45) is -1.45. The number of hydrogen-bond acceptors (Lipinski definition) is 9. The van der Waals surface area contributed by atoms with Gasteiger partial charge in [0.25, 0.3) is 0 Å². The van der Waals surface area contributed by atoms with Gasteiger partial charge in [-0.2, -0.15) is 0 Å². The van der Waals surface area contributed by atoms with Crippen molar-refractivity contribution >= 4 is 34.9 Å². The second-order valence-electron chi connectivity index (χ2n) is 10.6. The predicted molar refractivity (Wildman–Crippen MR) is 158 cm³/mol. The lowest BCUT2D eigenvalue weighted by Gasteiger charge is -2.15. The van der Waals surface area contributed by atoms with Crippen LogP contribution in [0.3, 0.4) is 0 Å². The number of hydrogen-bond donors (Lipinski definition) is 3. The van der Waals surface area contributed by atoms with E-state index in [0.717, 1.165) is 16.8 Å². The zero-order valence-corrected chi connectivity index (χ0v) is 24.6. The van der Waals surface area contributed by atoms with Crippen LogP contribution >= 0.6 is 11.6 Å². The Bertz CT molecular complexity index is 1540. The number of Topliss-reactive ketones (excluding diaryl/α,β-unsaturated/α-hetero) is 1. The Morgan fingerprint density at radius 2 is 1.77 bits per heavy atom. The number of ketones is 1. The van der Waals surface area contributed by atoms with Crippen LogP contribution in [0.4, 0.5) is 0 Å². The average molecular weight is 609 g/mol. The van der Waals surface area contributed by atoms with E-state index in [-0.39, 0.29) is 56.5 Å². The van der Waals surface area contributed by atoms with Crippen molar-refractivity contribution in [3.63, 3.8) is 0 Å². The molecule has 3 aromatic rings. The van der Waals surface area contributed by atoms with Crippen molar-refractivity contribution in [2.45, 2.75) is 50.9 Å². The van der Waals surface area contributed by atoms with E-state index in [9.17, 15) is 24.6 Å². The summed E-state index contributed by atoms with van der Waals surface area (Å²) in [5, 5.41) is 31.1. The maximum atomic E-state index is 13.1. The third-order valence-electron chi connectivity index (χ3n) is 7.57. The van der Waals surface area contributed by atoms with Gasteiger partial charge in [0, 0.05) is 42.1 Å². The van der Waals surface area contributed by atoms with Gasteiger partial charge >= 0.3 is 0 Å². The number of aryl methyl sites for hydroxylation is 1. The standard InChI is InChI=1S/C30H33ClN6O6/c1-17-34-35-30-23(13-27(41)32-14-20(38)4-3-5-28(42)36-15-25(39)26(40)16-36)33-29(18-6-8-19(31)9-7-18)22-12-21(43-2)10-11-24(22)37(17)30/h6-12,23,25-26,39-40H,3-5,13-16H2,1-2H3,(H,32,41)/t23-,25-,26+/m0/s1. The van der Waals surface area contributed by atoms with E-state index in [4.69, 9.17) is 21.3 Å². The Kier molecular flexibility index (Phi) is 9.19. The number of aliphatic imine (C=N–C) groups is 1. The van der Waals surface area contributed by atoms with Crippen molar-refractivity contribution < 1.29 is 29.3 Å². The molecule has 2 aliphatic heterocycles. The number of halogens is 1. The summed E-state index contributed by atoms with van der Waals surface area (Å²) in [6.45, 7) is 1.81. The molecule has 2 aliphatic rings. The first-order chi connectivity index (χ1) is 20.6. The van der Waals surface area contributed by atoms with Crippen molar-refractivity contribution in [3.8, 4) is 11.4 Å². The number of fused-ring (bicyclic) bond motifs is 3. The normalized spacial score (nSPS) is 19.2. The molecule has 226 valence electrons. The van der Waals surface area contributed by atoms with E-state index in [0.29, 0.717) is 34.6 Å². The van der Waals surface area contributed by atoms with Gasteiger partial charge in [-0.15, -0.1) is 10.2 Å². The fourth-order valence-corrected chi connectivity index (χ4v) is 5.40. The number of β-amino-alcohol motifs (C(OH)–C–C–N with tert-alkyl or cyclic N) is 2. The zero-order valence-electron chi connectivity index (χ0n) is 23.9. The summed E-state index contributed by atoms with van der Waals surface area (Å²) < 4.78 is 7.37. The number of aliphatic hydroxyl groups is 2. The molecule has 2 aromatic carbocycles. The monoisotopic (exact) mass is 608 g/mol. The molecule has 3 N–H and O–H groups in total. The molecular formula is C30H33ClN6O6. The van der Waals surface area contributed by atoms with E-state index in [2.05, 4.69) is 15.5 Å². The third-order valence-corrected chi connectivity index (χ3v) is 7.82. The quantitative estimate of drug-likeness (QED) is 0.315. The smallest absolute Gasteiger partial charge is 0.222 e. The van der Waals surface area contributed by atoms with Gasteiger partial charge in [0.05, 0.1) is 43.7 Å². The van der Waals surface area contributed by atoms with E-state index in [1.807, 2.05) is 41.8 Å². The SMILES string of the molecule is COc1ccc2c(c1)C(c1ccc(Cl)cc1)=N[C@@H](CC(=O)NCC(=O)CCCC(=O)N1C[C@@H](O)[C@@H](O)C1)c1nnc(C)n1-2. The Morgan fingerprint density at radius 1 is 1.05 bits per heavy atom. The van der Waals surface area contributed by atoms with Crippen LogP contribution in [0.1, 0.15) is 54.5 Å². The van der Waals surface area contributed by atoms with Gasteiger partial charge in [-0.1, -0.05) is 23.7 Å². The van der Waals surface area contributed by atoms with E-state index in [1.54, 1.807) is 19.2 Å². The lowest BCUT2D eigenvalue weighted by Crippen LogP contribution is -2.31. The number of methoxy groups -OCH3 is 1. The highest BCUT2D eigenvalue weighted by Crippen LogP contribution is 2.34. The summed E-state index contributed by atoms with van der Waals surface area (Å²) >= 11 is 6.15. The lowest BCUT2D eigenvalue weighted by atomic mass is 10.00. The van der Waals surface area contributed by atoms with Crippen LogP contribution < -0.4 is 10.1 Å². The van der Waals surface area contributed by atoms with E-state index < -0.39 is 18.2 Å². The van der Waals surface area contributed by atoms with Crippen LogP contribution in [0.15, 0.2) is 47.5 Å². The number of nitrogens with zero attached hydrogens (tertiary/aromatic N) is 5. The van der Waals surface area contributed by atoms with Crippen LogP contribution in [-0.4, -0.2) is 92.1 Å². The summed E-state index contributed by atoms with van der Waals surface area (Å²) in [5.41, 5.74) is 2.99. The molecule has 0 unspecified atom stereocenters. The first kappa shape index (κ1) is 30.3. The number of carbonyl (C=O) groups is 3. The van der Waals surface area contributed by atoms with Gasteiger partial charge in [-0.05, 0) is 43.7 Å². The summed E-state index contributed by atoms with van der Waals surface area (Å²) in [7, 11) is 1.59. The van der Waals surface area contributed by atoms with Crippen molar-refractivity contribution in [1.29, 1.82) is 0 Å². The molecule has 0 aliphatic carbocycles. The molecule has 5 rings (SSSR count). The second-order valence-corrected chi connectivity index (χ2v) is 11.1. The Balaban J connectivity index is 1.28. The van der Waals surface area contributed by atoms with Crippen molar-refractivity contribution in [2.75, 3.05) is 26.7 Å². The fourth-order valence-electron chi connectivity index (χ4n) is 5.28.